The average molecular weight is 280 g/mol. The van der Waals surface area contributed by atoms with Gasteiger partial charge in [-0.2, -0.15) is 0 Å². The van der Waals surface area contributed by atoms with Crippen LogP contribution in [0.15, 0.2) is 48.5 Å². The summed E-state index contributed by atoms with van der Waals surface area (Å²) in [6.45, 7) is 0. The molecule has 0 radical (unpaired) electrons. The van der Waals surface area contributed by atoms with E-state index in [9.17, 15) is 15.3 Å². The number of rotatable bonds is 0. The monoisotopic (exact) mass is 280 g/mol. The third-order valence-electron chi connectivity index (χ3n) is 4.50. The molecule has 3 nitrogen and oxygen atoms in total. The second kappa shape index (κ2) is 4.53. The zero-order valence-electron chi connectivity index (χ0n) is 11.4. The molecule has 106 valence electrons. The Morgan fingerprint density at radius 1 is 0.810 bits per heavy atom. The molecule has 0 saturated heterocycles. The van der Waals surface area contributed by atoms with Crippen molar-refractivity contribution < 1.29 is 15.3 Å². The molecule has 0 aromatic heterocycles. The molecule has 0 heterocycles. The van der Waals surface area contributed by atoms with Crippen LogP contribution in [0, 0.1) is 0 Å². The molecule has 3 unspecified atom stereocenters. The fourth-order valence-corrected chi connectivity index (χ4v) is 3.41. The van der Waals surface area contributed by atoms with Crippen LogP contribution in [-0.2, 0) is 6.42 Å². The standard InChI is InChI=1S/C18H16O3/c19-15-9-14-13(17(20)18(15)21)8-7-11-6-5-10-3-1-2-4-12(10)16(11)14/h1-8,15,17-21H,9H2. The zero-order chi connectivity index (χ0) is 14.6. The summed E-state index contributed by atoms with van der Waals surface area (Å²) in [6, 6.07) is 16.1. The maximum absolute atomic E-state index is 10.2. The first-order valence-corrected chi connectivity index (χ1v) is 7.14. The molecule has 3 aromatic carbocycles. The fraction of sp³-hybridized carbons (Fsp3) is 0.222. The van der Waals surface area contributed by atoms with Crippen LogP contribution in [0.25, 0.3) is 21.5 Å². The van der Waals surface area contributed by atoms with Gasteiger partial charge in [-0.1, -0.05) is 48.5 Å². The van der Waals surface area contributed by atoms with Crippen LogP contribution in [0.1, 0.15) is 17.2 Å². The molecule has 0 aliphatic heterocycles. The lowest BCUT2D eigenvalue weighted by molar-refractivity contribution is -0.0682. The summed E-state index contributed by atoms with van der Waals surface area (Å²) in [5.41, 5.74) is 1.66. The first-order chi connectivity index (χ1) is 10.2. The van der Waals surface area contributed by atoms with Gasteiger partial charge >= 0.3 is 0 Å². The van der Waals surface area contributed by atoms with Gasteiger partial charge in [0.15, 0.2) is 0 Å². The highest BCUT2D eigenvalue weighted by atomic mass is 16.4. The molecule has 1 aliphatic rings. The van der Waals surface area contributed by atoms with Crippen LogP contribution in [-0.4, -0.2) is 27.5 Å². The van der Waals surface area contributed by atoms with Gasteiger partial charge in [0.05, 0.1) is 6.10 Å². The maximum Gasteiger partial charge on any atom is 0.110 e. The van der Waals surface area contributed by atoms with E-state index in [0.29, 0.717) is 6.42 Å². The van der Waals surface area contributed by atoms with Crippen molar-refractivity contribution in [2.45, 2.75) is 24.7 Å². The van der Waals surface area contributed by atoms with Crippen LogP contribution < -0.4 is 0 Å². The quantitative estimate of drug-likeness (QED) is 0.554. The molecular weight excluding hydrogens is 264 g/mol. The van der Waals surface area contributed by atoms with E-state index in [0.717, 1.165) is 32.7 Å². The van der Waals surface area contributed by atoms with Crippen molar-refractivity contribution in [1.82, 2.24) is 0 Å². The van der Waals surface area contributed by atoms with Gasteiger partial charge in [-0.25, -0.2) is 0 Å². The van der Waals surface area contributed by atoms with Crippen molar-refractivity contribution in [3.8, 4) is 0 Å². The lowest BCUT2D eigenvalue weighted by atomic mass is 9.81. The molecule has 4 rings (SSSR count). The van der Waals surface area contributed by atoms with E-state index >= 15 is 0 Å². The molecule has 1 aliphatic carbocycles. The highest BCUT2D eigenvalue weighted by Gasteiger charge is 2.34. The second-order valence-corrected chi connectivity index (χ2v) is 5.73. The largest absolute Gasteiger partial charge is 0.390 e. The molecule has 0 fully saturated rings. The molecule has 0 spiro atoms. The summed E-state index contributed by atoms with van der Waals surface area (Å²) in [4.78, 5) is 0. The molecule has 0 bridgehead atoms. The third-order valence-corrected chi connectivity index (χ3v) is 4.50. The number of fused-ring (bicyclic) bond motifs is 5. The third kappa shape index (κ3) is 1.79. The Labute approximate surface area is 122 Å². The lowest BCUT2D eigenvalue weighted by Gasteiger charge is -2.31. The Hall–Kier alpha value is -1.94. The van der Waals surface area contributed by atoms with Crippen molar-refractivity contribution >= 4 is 21.5 Å². The van der Waals surface area contributed by atoms with E-state index in [-0.39, 0.29) is 0 Å². The van der Waals surface area contributed by atoms with Crippen LogP contribution in [0.2, 0.25) is 0 Å². The van der Waals surface area contributed by atoms with Crippen molar-refractivity contribution in [3.63, 3.8) is 0 Å². The first-order valence-electron chi connectivity index (χ1n) is 7.14. The minimum absolute atomic E-state index is 0.360. The number of benzene rings is 3. The van der Waals surface area contributed by atoms with Gasteiger partial charge < -0.3 is 15.3 Å². The molecule has 0 saturated carbocycles. The smallest absolute Gasteiger partial charge is 0.110 e. The number of aliphatic hydroxyl groups is 3. The summed E-state index contributed by atoms with van der Waals surface area (Å²) in [5.74, 6) is 0. The molecule has 0 amide bonds. The molecular formula is C18H16O3. The summed E-state index contributed by atoms with van der Waals surface area (Å²) in [7, 11) is 0. The van der Waals surface area contributed by atoms with Crippen molar-refractivity contribution in [2.24, 2.45) is 0 Å². The van der Waals surface area contributed by atoms with Gasteiger partial charge in [0.25, 0.3) is 0 Å². The van der Waals surface area contributed by atoms with Crippen LogP contribution >= 0.6 is 0 Å². The van der Waals surface area contributed by atoms with Crippen LogP contribution in [0.4, 0.5) is 0 Å². The van der Waals surface area contributed by atoms with E-state index in [1.54, 1.807) is 0 Å². The van der Waals surface area contributed by atoms with Gasteiger partial charge in [-0.15, -0.1) is 0 Å². The predicted octanol–water partition coefficient (Wildman–Crippen LogP) is 2.30. The van der Waals surface area contributed by atoms with Crippen molar-refractivity contribution in [2.75, 3.05) is 0 Å². The summed E-state index contributed by atoms with van der Waals surface area (Å²) in [6.07, 6.45) is -2.73. The summed E-state index contributed by atoms with van der Waals surface area (Å²) >= 11 is 0. The molecule has 3 N–H and O–H groups in total. The Bertz CT molecular complexity index is 840. The fourth-order valence-electron chi connectivity index (χ4n) is 3.41. The highest BCUT2D eigenvalue weighted by Crippen LogP contribution is 2.38. The van der Waals surface area contributed by atoms with E-state index < -0.39 is 18.3 Å². The minimum atomic E-state index is -1.12. The van der Waals surface area contributed by atoms with Gasteiger partial charge in [0, 0.05) is 6.42 Å². The second-order valence-electron chi connectivity index (χ2n) is 5.73. The van der Waals surface area contributed by atoms with E-state index in [1.165, 1.54) is 0 Å². The Morgan fingerprint density at radius 3 is 2.38 bits per heavy atom. The van der Waals surface area contributed by atoms with Gasteiger partial charge in [0.2, 0.25) is 0 Å². The Morgan fingerprint density at radius 2 is 1.52 bits per heavy atom. The van der Waals surface area contributed by atoms with Crippen LogP contribution in [0.3, 0.4) is 0 Å². The highest BCUT2D eigenvalue weighted by molar-refractivity contribution is 6.09. The van der Waals surface area contributed by atoms with Crippen molar-refractivity contribution in [1.29, 1.82) is 0 Å². The van der Waals surface area contributed by atoms with Gasteiger partial charge in [-0.3, -0.25) is 0 Å². The lowest BCUT2D eigenvalue weighted by Crippen LogP contribution is -2.38. The Kier molecular flexibility index (Phi) is 2.76. The molecule has 3 heteroatoms. The van der Waals surface area contributed by atoms with Crippen LogP contribution in [0.5, 0.6) is 0 Å². The summed E-state index contributed by atoms with van der Waals surface area (Å²) in [5, 5.41) is 34.5. The van der Waals surface area contributed by atoms with E-state index in [1.807, 2.05) is 24.3 Å². The number of hydrogen-bond acceptors (Lipinski definition) is 3. The topological polar surface area (TPSA) is 60.7 Å². The van der Waals surface area contributed by atoms with E-state index in [2.05, 4.69) is 24.3 Å². The van der Waals surface area contributed by atoms with Gasteiger partial charge in [-0.05, 0) is 32.7 Å². The normalized spacial score (nSPS) is 25.2. The number of aliphatic hydroxyl groups excluding tert-OH is 3. The predicted molar refractivity (Wildman–Crippen MR) is 82.1 cm³/mol. The first kappa shape index (κ1) is 12.8. The minimum Gasteiger partial charge on any atom is -0.390 e. The number of hydrogen-bond donors (Lipinski definition) is 3. The molecule has 3 aromatic rings. The SMILES string of the molecule is OC1Cc2c(ccc3ccc4ccccc4c23)C(O)C1O. The zero-order valence-corrected chi connectivity index (χ0v) is 11.4. The summed E-state index contributed by atoms with van der Waals surface area (Å²) < 4.78 is 0. The molecule has 3 atom stereocenters. The molecule has 21 heavy (non-hydrogen) atoms. The van der Waals surface area contributed by atoms with E-state index in [4.69, 9.17) is 0 Å². The average Bonchev–Trinajstić information content (AvgIpc) is 2.52. The van der Waals surface area contributed by atoms with Crippen molar-refractivity contribution in [3.05, 3.63) is 59.7 Å². The maximum atomic E-state index is 10.2. The Balaban J connectivity index is 2.13. The van der Waals surface area contributed by atoms with Gasteiger partial charge in [0.1, 0.15) is 12.2 Å².